The van der Waals surface area contributed by atoms with E-state index in [1.165, 1.54) is 0 Å². The van der Waals surface area contributed by atoms with Crippen molar-refractivity contribution in [3.05, 3.63) is 0 Å². The summed E-state index contributed by atoms with van der Waals surface area (Å²) in [6.07, 6.45) is 3.55. The maximum Gasteiger partial charge on any atom is 0.242 e. The molecule has 1 unspecified atom stereocenters. The van der Waals surface area contributed by atoms with Crippen LogP contribution in [0.3, 0.4) is 0 Å². The maximum atomic E-state index is 11.8. The summed E-state index contributed by atoms with van der Waals surface area (Å²) < 4.78 is 0. The molecule has 6 heteroatoms. The fraction of sp³-hybridized carbons (Fsp3) is 0.833. The fourth-order valence-corrected chi connectivity index (χ4v) is 2.46. The van der Waals surface area contributed by atoms with Gasteiger partial charge in [0.15, 0.2) is 0 Å². The summed E-state index contributed by atoms with van der Waals surface area (Å²) >= 11 is 0. The van der Waals surface area contributed by atoms with Crippen LogP contribution in [-0.4, -0.2) is 55.0 Å². The Kier molecular flexibility index (Phi) is 4.54. The molecule has 0 spiro atoms. The first kappa shape index (κ1) is 13.3. The molecule has 102 valence electrons. The van der Waals surface area contributed by atoms with Gasteiger partial charge in [0.25, 0.3) is 0 Å². The van der Waals surface area contributed by atoms with E-state index >= 15 is 0 Å². The largest absolute Gasteiger partial charge is 0.354 e. The van der Waals surface area contributed by atoms with Crippen LogP contribution in [0.5, 0.6) is 0 Å². The van der Waals surface area contributed by atoms with Gasteiger partial charge in [-0.25, -0.2) is 0 Å². The Morgan fingerprint density at radius 1 is 1.39 bits per heavy atom. The van der Waals surface area contributed by atoms with E-state index in [4.69, 9.17) is 5.73 Å². The molecule has 2 aliphatic rings. The van der Waals surface area contributed by atoms with Crippen molar-refractivity contribution in [2.24, 2.45) is 5.73 Å². The van der Waals surface area contributed by atoms with Gasteiger partial charge in [0, 0.05) is 25.7 Å². The quantitative estimate of drug-likeness (QED) is 0.590. The van der Waals surface area contributed by atoms with Crippen LogP contribution in [-0.2, 0) is 9.59 Å². The molecular formula is C12H22N4O2. The lowest BCUT2D eigenvalue weighted by molar-refractivity contribution is -0.130. The van der Waals surface area contributed by atoms with E-state index in [1.54, 1.807) is 0 Å². The van der Waals surface area contributed by atoms with Crippen molar-refractivity contribution in [1.82, 2.24) is 15.5 Å². The second-order valence-corrected chi connectivity index (χ2v) is 5.17. The topological polar surface area (TPSA) is 87.5 Å². The minimum atomic E-state index is -0.349. The minimum absolute atomic E-state index is 0.0599. The Bertz CT molecular complexity index is 313. The molecular weight excluding hydrogens is 232 g/mol. The molecule has 0 radical (unpaired) electrons. The second-order valence-electron chi connectivity index (χ2n) is 5.17. The van der Waals surface area contributed by atoms with Crippen molar-refractivity contribution in [3.8, 4) is 0 Å². The molecule has 2 amide bonds. The van der Waals surface area contributed by atoms with Gasteiger partial charge in [-0.15, -0.1) is 0 Å². The number of likely N-dealkylation sites (tertiary alicyclic amines) is 1. The number of nitrogens with two attached hydrogens (primary N) is 1. The van der Waals surface area contributed by atoms with Crippen LogP contribution in [0, 0.1) is 0 Å². The Labute approximate surface area is 107 Å². The van der Waals surface area contributed by atoms with Crippen molar-refractivity contribution in [3.63, 3.8) is 0 Å². The number of carbonyl (C=O) groups is 2. The fourth-order valence-electron chi connectivity index (χ4n) is 2.46. The van der Waals surface area contributed by atoms with Gasteiger partial charge in [0.05, 0.1) is 6.54 Å². The van der Waals surface area contributed by atoms with Crippen LogP contribution in [0.25, 0.3) is 0 Å². The number of hydrogen-bond donors (Lipinski definition) is 3. The second kappa shape index (κ2) is 6.15. The monoisotopic (exact) mass is 254 g/mol. The molecule has 0 aromatic carbocycles. The number of rotatable bonds is 3. The van der Waals surface area contributed by atoms with E-state index in [2.05, 4.69) is 15.5 Å². The molecule has 2 aliphatic heterocycles. The zero-order chi connectivity index (χ0) is 13.0. The van der Waals surface area contributed by atoms with E-state index in [0.29, 0.717) is 6.54 Å². The summed E-state index contributed by atoms with van der Waals surface area (Å²) in [6.45, 7) is 2.82. The Balaban J connectivity index is 1.73. The molecule has 1 atom stereocenters. The van der Waals surface area contributed by atoms with Gasteiger partial charge >= 0.3 is 0 Å². The zero-order valence-electron chi connectivity index (χ0n) is 10.7. The molecule has 0 aromatic heterocycles. The van der Waals surface area contributed by atoms with Crippen LogP contribution >= 0.6 is 0 Å². The van der Waals surface area contributed by atoms with Crippen LogP contribution in [0.4, 0.5) is 0 Å². The standard InChI is InChI=1S/C12H22N4O2/c13-9-3-6-16(7-4-9)8-11(17)15-10-2-1-5-14-12(10)18/h9-10H,1-8,13H2,(H,14,18)(H,15,17). The normalized spacial score (nSPS) is 26.7. The van der Waals surface area contributed by atoms with Gasteiger partial charge in [0.2, 0.25) is 11.8 Å². The lowest BCUT2D eigenvalue weighted by atomic mass is 10.1. The Morgan fingerprint density at radius 2 is 2.11 bits per heavy atom. The van der Waals surface area contributed by atoms with Crippen molar-refractivity contribution in [2.75, 3.05) is 26.2 Å². The first-order valence-electron chi connectivity index (χ1n) is 6.70. The molecule has 2 saturated heterocycles. The molecule has 0 aromatic rings. The predicted molar refractivity (Wildman–Crippen MR) is 67.8 cm³/mol. The Morgan fingerprint density at radius 3 is 2.78 bits per heavy atom. The highest BCUT2D eigenvalue weighted by atomic mass is 16.2. The van der Waals surface area contributed by atoms with Crippen molar-refractivity contribution >= 4 is 11.8 Å². The van der Waals surface area contributed by atoms with Crippen LogP contribution < -0.4 is 16.4 Å². The summed E-state index contributed by atoms with van der Waals surface area (Å²) in [5, 5.41) is 5.57. The van der Waals surface area contributed by atoms with Gasteiger partial charge in [-0.1, -0.05) is 0 Å². The number of amides is 2. The summed E-state index contributed by atoms with van der Waals surface area (Å²) in [7, 11) is 0. The predicted octanol–water partition coefficient (Wildman–Crippen LogP) is -1.20. The van der Waals surface area contributed by atoms with Crippen molar-refractivity contribution < 1.29 is 9.59 Å². The van der Waals surface area contributed by atoms with E-state index in [1.807, 2.05) is 0 Å². The van der Waals surface area contributed by atoms with Gasteiger partial charge in [-0.3, -0.25) is 14.5 Å². The first-order chi connectivity index (χ1) is 8.65. The molecule has 2 rings (SSSR count). The highest BCUT2D eigenvalue weighted by Gasteiger charge is 2.25. The number of carbonyl (C=O) groups excluding carboxylic acids is 2. The number of piperidine rings is 2. The molecule has 18 heavy (non-hydrogen) atoms. The smallest absolute Gasteiger partial charge is 0.242 e. The van der Waals surface area contributed by atoms with Crippen molar-refractivity contribution in [1.29, 1.82) is 0 Å². The number of hydrogen-bond acceptors (Lipinski definition) is 4. The highest BCUT2D eigenvalue weighted by Crippen LogP contribution is 2.08. The first-order valence-corrected chi connectivity index (χ1v) is 6.70. The van der Waals surface area contributed by atoms with E-state index < -0.39 is 0 Å². The maximum absolute atomic E-state index is 11.8. The van der Waals surface area contributed by atoms with Crippen molar-refractivity contribution in [2.45, 2.75) is 37.8 Å². The molecule has 6 nitrogen and oxygen atoms in total. The SMILES string of the molecule is NC1CCN(CC(=O)NC2CCCNC2=O)CC1. The third-order valence-electron chi connectivity index (χ3n) is 3.62. The van der Waals surface area contributed by atoms with Gasteiger partial charge < -0.3 is 16.4 Å². The average molecular weight is 254 g/mol. The summed E-state index contributed by atoms with van der Waals surface area (Å²) in [5.74, 6) is -0.122. The molecule has 0 saturated carbocycles. The molecule has 4 N–H and O–H groups in total. The third kappa shape index (κ3) is 3.68. The van der Waals surface area contributed by atoms with E-state index in [-0.39, 0.29) is 23.9 Å². The van der Waals surface area contributed by atoms with Gasteiger partial charge in [-0.2, -0.15) is 0 Å². The number of nitrogens with one attached hydrogen (secondary N) is 2. The van der Waals surface area contributed by atoms with Crippen LogP contribution in [0.2, 0.25) is 0 Å². The summed E-state index contributed by atoms with van der Waals surface area (Å²) in [4.78, 5) is 25.4. The molecule has 2 fully saturated rings. The van der Waals surface area contributed by atoms with Gasteiger partial charge in [-0.05, 0) is 25.7 Å². The lowest BCUT2D eigenvalue weighted by Crippen LogP contribution is -2.53. The number of nitrogens with zero attached hydrogens (tertiary/aromatic N) is 1. The summed E-state index contributed by atoms with van der Waals surface area (Å²) in [6, 6.07) is -0.0771. The van der Waals surface area contributed by atoms with Crippen LogP contribution in [0.1, 0.15) is 25.7 Å². The highest BCUT2D eigenvalue weighted by molar-refractivity contribution is 5.88. The van der Waals surface area contributed by atoms with Crippen LogP contribution in [0.15, 0.2) is 0 Å². The minimum Gasteiger partial charge on any atom is -0.354 e. The summed E-state index contributed by atoms with van der Waals surface area (Å²) in [5.41, 5.74) is 5.82. The molecule has 0 bridgehead atoms. The van der Waals surface area contributed by atoms with E-state index in [9.17, 15) is 9.59 Å². The van der Waals surface area contributed by atoms with Gasteiger partial charge in [0.1, 0.15) is 6.04 Å². The lowest BCUT2D eigenvalue weighted by Gasteiger charge is -2.30. The average Bonchev–Trinajstić information content (AvgIpc) is 2.35. The Hall–Kier alpha value is -1.14. The zero-order valence-corrected chi connectivity index (χ0v) is 10.7. The molecule has 2 heterocycles. The molecule has 0 aliphatic carbocycles. The third-order valence-corrected chi connectivity index (χ3v) is 3.62. The van der Waals surface area contributed by atoms with E-state index in [0.717, 1.165) is 45.3 Å².